The summed E-state index contributed by atoms with van der Waals surface area (Å²) in [7, 11) is 0. The summed E-state index contributed by atoms with van der Waals surface area (Å²) in [6.45, 7) is 3.87. The molecule has 4 aromatic rings. The minimum absolute atomic E-state index is 0.0108. The van der Waals surface area contributed by atoms with Gasteiger partial charge in [-0.25, -0.2) is 4.68 Å². The van der Waals surface area contributed by atoms with Crippen molar-refractivity contribution in [2.75, 3.05) is 5.32 Å². The summed E-state index contributed by atoms with van der Waals surface area (Å²) < 4.78 is 78.7. The molecule has 0 bridgehead atoms. The minimum Gasteiger partial charge on any atom is -0.349 e. The Balaban J connectivity index is 1.75. The number of aromatic nitrogens is 6. The molecule has 0 saturated heterocycles. The number of carbonyl (C=O) groups is 2. The molecule has 0 fully saturated rings. The standard InChI is InChI=1S/C27H22ClF6N9O2/c1-13-5-4-6-19(28)22(13)43-20(9-17(39-43)12-42-40-25(38-41-42)27(32,33)34)24(45)37-21-14(2)7-16(11-35)8-18(21)23(44)36-15(3)10-26(29,30)31/h4-9,15H,10,12H2,1-3H3,(H,36,44)(H,37,45). The second-order valence-corrected chi connectivity index (χ2v) is 10.4. The SMILES string of the molecule is Cc1cc(C#N)cc(C(=O)NC(C)CC(F)(F)F)c1NC(=O)c1cc(Cn2nnc(C(F)(F)F)n2)nn1-c1c(C)cccc1Cl. The Bertz CT molecular complexity index is 1790. The van der Waals surface area contributed by atoms with Gasteiger partial charge in [0.25, 0.3) is 17.6 Å². The lowest BCUT2D eigenvalue weighted by molar-refractivity contribution is -0.145. The molecule has 0 aliphatic carbocycles. The topological polar surface area (TPSA) is 143 Å². The van der Waals surface area contributed by atoms with Crippen LogP contribution in [-0.4, -0.2) is 54.0 Å². The molecule has 2 N–H and O–H groups in total. The van der Waals surface area contributed by atoms with E-state index in [9.17, 15) is 41.2 Å². The van der Waals surface area contributed by atoms with Crippen molar-refractivity contribution in [1.29, 1.82) is 5.26 Å². The summed E-state index contributed by atoms with van der Waals surface area (Å²) in [5.41, 5.74) is 0.541. The molecule has 1 unspecified atom stereocenters. The van der Waals surface area contributed by atoms with Gasteiger partial charge in [-0.05, 0) is 61.4 Å². The number of carbonyl (C=O) groups excluding carboxylic acids is 2. The van der Waals surface area contributed by atoms with Crippen molar-refractivity contribution in [2.24, 2.45) is 0 Å². The Morgan fingerprint density at radius 1 is 1.04 bits per heavy atom. The van der Waals surface area contributed by atoms with E-state index in [-0.39, 0.29) is 44.5 Å². The number of rotatable bonds is 8. The van der Waals surface area contributed by atoms with Gasteiger partial charge in [-0.2, -0.15) is 41.5 Å². The maximum atomic E-state index is 13.8. The fraction of sp³-hybridized carbons (Fsp3) is 0.296. The number of hydrogen-bond acceptors (Lipinski definition) is 7. The van der Waals surface area contributed by atoms with Gasteiger partial charge in [0.2, 0.25) is 0 Å². The highest BCUT2D eigenvalue weighted by Crippen LogP contribution is 2.29. The van der Waals surface area contributed by atoms with Crippen LogP contribution in [0.5, 0.6) is 0 Å². The fourth-order valence-corrected chi connectivity index (χ4v) is 4.68. The van der Waals surface area contributed by atoms with Gasteiger partial charge in [0.15, 0.2) is 0 Å². The molecule has 0 aliphatic heterocycles. The molecule has 236 valence electrons. The van der Waals surface area contributed by atoms with E-state index in [2.05, 4.69) is 31.1 Å². The number of alkyl halides is 6. The molecule has 0 saturated carbocycles. The summed E-state index contributed by atoms with van der Waals surface area (Å²) in [5, 5.41) is 28.4. The van der Waals surface area contributed by atoms with Gasteiger partial charge in [-0.15, -0.1) is 10.2 Å². The Morgan fingerprint density at radius 2 is 1.76 bits per heavy atom. The highest BCUT2D eigenvalue weighted by molar-refractivity contribution is 6.32. The molecule has 0 radical (unpaired) electrons. The number of nitrogens with zero attached hydrogens (tertiary/aromatic N) is 7. The van der Waals surface area contributed by atoms with Crippen LogP contribution in [0.4, 0.5) is 32.0 Å². The Hall–Kier alpha value is -4.98. The van der Waals surface area contributed by atoms with Gasteiger partial charge in [0, 0.05) is 6.04 Å². The predicted octanol–water partition coefficient (Wildman–Crippen LogP) is 5.39. The molecule has 0 spiro atoms. The first kappa shape index (κ1) is 32.9. The average Bonchev–Trinajstić information content (AvgIpc) is 3.56. The minimum atomic E-state index is -4.84. The average molecular weight is 654 g/mol. The zero-order valence-electron chi connectivity index (χ0n) is 23.5. The zero-order chi connectivity index (χ0) is 33.3. The first-order valence-corrected chi connectivity index (χ1v) is 13.3. The highest BCUT2D eigenvalue weighted by Gasteiger charge is 2.37. The molecule has 18 heteroatoms. The van der Waals surface area contributed by atoms with E-state index in [4.69, 9.17) is 11.6 Å². The van der Waals surface area contributed by atoms with Crippen LogP contribution >= 0.6 is 11.6 Å². The van der Waals surface area contributed by atoms with Gasteiger partial charge in [0.1, 0.15) is 12.2 Å². The molecule has 4 rings (SSSR count). The maximum absolute atomic E-state index is 13.8. The molecule has 1 atom stereocenters. The van der Waals surface area contributed by atoms with Gasteiger partial charge in [-0.1, -0.05) is 23.7 Å². The monoisotopic (exact) mass is 653 g/mol. The van der Waals surface area contributed by atoms with Crippen LogP contribution in [0.15, 0.2) is 36.4 Å². The number of hydrogen-bond donors (Lipinski definition) is 2. The third kappa shape index (κ3) is 7.76. The largest absolute Gasteiger partial charge is 0.455 e. The molecule has 0 aliphatic rings. The molecule has 11 nitrogen and oxygen atoms in total. The van der Waals surface area contributed by atoms with Crippen LogP contribution in [0, 0.1) is 25.2 Å². The number of tetrazole rings is 1. The number of nitriles is 1. The highest BCUT2D eigenvalue weighted by atomic mass is 35.5. The van der Waals surface area contributed by atoms with E-state index in [1.165, 1.54) is 25.1 Å². The molecule has 2 aromatic heterocycles. The van der Waals surface area contributed by atoms with Crippen LogP contribution in [0.25, 0.3) is 5.69 Å². The van der Waals surface area contributed by atoms with Gasteiger partial charge >= 0.3 is 12.4 Å². The van der Waals surface area contributed by atoms with E-state index < -0.39 is 49.0 Å². The van der Waals surface area contributed by atoms with Gasteiger partial charge in [-0.3, -0.25) is 9.59 Å². The van der Waals surface area contributed by atoms with Crippen molar-refractivity contribution < 1.29 is 35.9 Å². The van der Waals surface area contributed by atoms with Crippen molar-refractivity contribution in [3.63, 3.8) is 0 Å². The van der Waals surface area contributed by atoms with Gasteiger partial charge < -0.3 is 10.6 Å². The summed E-state index contributed by atoms with van der Waals surface area (Å²) >= 11 is 6.42. The van der Waals surface area contributed by atoms with E-state index in [1.807, 2.05) is 6.07 Å². The van der Waals surface area contributed by atoms with Crippen LogP contribution in [0.2, 0.25) is 5.02 Å². The number of benzene rings is 2. The molecular weight excluding hydrogens is 632 g/mol. The number of aryl methyl sites for hydroxylation is 2. The van der Waals surface area contributed by atoms with Crippen molar-refractivity contribution >= 4 is 29.1 Å². The molecule has 2 heterocycles. The quantitative estimate of drug-likeness (QED) is 0.243. The summed E-state index contributed by atoms with van der Waals surface area (Å²) in [6, 6.07) is 9.09. The maximum Gasteiger partial charge on any atom is 0.455 e. The Labute approximate surface area is 255 Å². The summed E-state index contributed by atoms with van der Waals surface area (Å²) in [4.78, 5) is 27.5. The summed E-state index contributed by atoms with van der Waals surface area (Å²) in [5.74, 6) is -3.33. The lowest BCUT2D eigenvalue weighted by Crippen LogP contribution is -2.36. The van der Waals surface area contributed by atoms with Crippen molar-refractivity contribution in [3.05, 3.63) is 80.9 Å². The first-order chi connectivity index (χ1) is 21.0. The predicted molar refractivity (Wildman–Crippen MR) is 147 cm³/mol. The molecule has 2 amide bonds. The Morgan fingerprint density at radius 3 is 2.36 bits per heavy atom. The first-order valence-electron chi connectivity index (χ1n) is 12.9. The number of nitrogens with one attached hydrogen (secondary N) is 2. The molecular formula is C27H22ClF6N9O2. The third-order valence-corrected chi connectivity index (χ3v) is 6.57. The molecule has 45 heavy (non-hydrogen) atoms. The lowest BCUT2D eigenvalue weighted by Gasteiger charge is -2.19. The van der Waals surface area contributed by atoms with E-state index in [1.54, 1.807) is 19.1 Å². The number of amides is 2. The zero-order valence-corrected chi connectivity index (χ0v) is 24.3. The number of para-hydroxylation sites is 1. The second-order valence-electron chi connectivity index (χ2n) is 9.95. The van der Waals surface area contributed by atoms with E-state index >= 15 is 0 Å². The van der Waals surface area contributed by atoms with Crippen LogP contribution in [-0.2, 0) is 12.7 Å². The van der Waals surface area contributed by atoms with Gasteiger partial charge in [0.05, 0.1) is 45.7 Å². The van der Waals surface area contributed by atoms with Crippen molar-refractivity contribution in [2.45, 2.75) is 52.1 Å². The van der Waals surface area contributed by atoms with E-state index in [0.717, 1.165) is 17.7 Å². The van der Waals surface area contributed by atoms with Crippen LogP contribution in [0.3, 0.4) is 0 Å². The van der Waals surface area contributed by atoms with Crippen LogP contribution in [0.1, 0.15) is 62.4 Å². The fourth-order valence-electron chi connectivity index (χ4n) is 4.37. The summed E-state index contributed by atoms with van der Waals surface area (Å²) in [6.07, 6.45) is -10.7. The number of anilines is 1. The normalized spacial score (nSPS) is 12.5. The Kier molecular flexibility index (Phi) is 9.19. The molecule has 2 aromatic carbocycles. The van der Waals surface area contributed by atoms with E-state index in [0.29, 0.717) is 10.4 Å². The smallest absolute Gasteiger partial charge is 0.349 e. The second kappa shape index (κ2) is 12.6. The van der Waals surface area contributed by atoms with Crippen molar-refractivity contribution in [3.8, 4) is 11.8 Å². The van der Waals surface area contributed by atoms with Crippen molar-refractivity contribution in [1.82, 2.24) is 35.3 Å². The lowest BCUT2D eigenvalue weighted by atomic mass is 10.0. The van der Waals surface area contributed by atoms with Crippen LogP contribution < -0.4 is 10.6 Å². The number of halogens is 7. The third-order valence-electron chi connectivity index (χ3n) is 6.27.